The van der Waals surface area contributed by atoms with Gasteiger partial charge in [-0.15, -0.1) is 0 Å². The van der Waals surface area contributed by atoms with E-state index in [1.807, 2.05) is 13.8 Å². The summed E-state index contributed by atoms with van der Waals surface area (Å²) in [5.74, 6) is -1.06. The summed E-state index contributed by atoms with van der Waals surface area (Å²) in [4.78, 5) is 10.9. The average Bonchev–Trinajstić information content (AvgIpc) is 2.63. The number of sulfonamides is 1. The second-order valence-corrected chi connectivity index (χ2v) is 7.14. The molecular weight excluding hydrogens is 294 g/mol. The molecule has 1 rings (SSSR count). The zero-order chi connectivity index (χ0) is 16.4. The van der Waals surface area contributed by atoms with E-state index in [0.29, 0.717) is 11.4 Å². The normalized spacial score (nSPS) is 13.6. The number of carboxylic acids is 1. The first-order chi connectivity index (χ1) is 9.62. The van der Waals surface area contributed by atoms with E-state index in [1.165, 1.54) is 8.99 Å². The quantitative estimate of drug-likeness (QED) is 0.820. The van der Waals surface area contributed by atoms with Crippen LogP contribution in [0.1, 0.15) is 38.1 Å². The van der Waals surface area contributed by atoms with Gasteiger partial charge in [-0.3, -0.25) is 9.48 Å². The van der Waals surface area contributed by atoms with Gasteiger partial charge in [-0.1, -0.05) is 13.3 Å². The first kappa shape index (κ1) is 17.6. The van der Waals surface area contributed by atoms with Gasteiger partial charge in [0, 0.05) is 13.1 Å². The lowest BCUT2D eigenvalue weighted by molar-refractivity contribution is -0.137. The third-order valence-corrected chi connectivity index (χ3v) is 5.79. The molecule has 0 aromatic carbocycles. The van der Waals surface area contributed by atoms with Crippen LogP contribution in [0.5, 0.6) is 0 Å². The molecule has 0 radical (unpaired) electrons. The van der Waals surface area contributed by atoms with Crippen LogP contribution in [0.25, 0.3) is 0 Å². The summed E-state index contributed by atoms with van der Waals surface area (Å²) >= 11 is 0. The number of carboxylic acid groups (broad SMARTS) is 1. The van der Waals surface area contributed by atoms with Crippen molar-refractivity contribution in [1.29, 1.82) is 0 Å². The number of nitrogens with zero attached hydrogens (tertiary/aromatic N) is 3. The molecule has 7 nitrogen and oxygen atoms in total. The Kier molecular flexibility index (Phi) is 5.52. The van der Waals surface area contributed by atoms with E-state index < -0.39 is 16.0 Å². The van der Waals surface area contributed by atoms with Crippen molar-refractivity contribution < 1.29 is 18.3 Å². The lowest BCUT2D eigenvalue weighted by Gasteiger charge is -2.24. The van der Waals surface area contributed by atoms with E-state index in [-0.39, 0.29) is 17.5 Å². The van der Waals surface area contributed by atoms with Gasteiger partial charge >= 0.3 is 5.97 Å². The van der Waals surface area contributed by atoms with Crippen molar-refractivity contribution in [3.8, 4) is 0 Å². The van der Waals surface area contributed by atoms with Crippen molar-refractivity contribution in [2.45, 2.75) is 58.0 Å². The number of rotatable bonds is 7. The smallest absolute Gasteiger partial charge is 0.325 e. The van der Waals surface area contributed by atoms with E-state index in [9.17, 15) is 13.2 Å². The minimum absolute atomic E-state index is 0.106. The Labute approximate surface area is 125 Å². The van der Waals surface area contributed by atoms with Crippen LogP contribution < -0.4 is 0 Å². The number of aromatic nitrogens is 2. The van der Waals surface area contributed by atoms with Gasteiger partial charge in [0.2, 0.25) is 10.0 Å². The Hall–Kier alpha value is -1.41. The summed E-state index contributed by atoms with van der Waals surface area (Å²) in [7, 11) is -2.13. The summed E-state index contributed by atoms with van der Waals surface area (Å²) in [5, 5.41) is 12.9. The number of aryl methyl sites for hydroxylation is 1. The summed E-state index contributed by atoms with van der Waals surface area (Å²) in [6.45, 7) is 6.66. The summed E-state index contributed by atoms with van der Waals surface area (Å²) in [6.07, 6.45) is 1.65. The topological polar surface area (TPSA) is 92.5 Å². The highest BCUT2D eigenvalue weighted by Crippen LogP contribution is 2.24. The maximum atomic E-state index is 12.7. The molecule has 1 aromatic rings. The number of carbonyl (C=O) groups is 1. The molecule has 0 aliphatic heterocycles. The SMILES string of the molecule is CCCC(C)N(C)S(=O)(=O)c1c(C)nn(CC(=O)O)c1C. The van der Waals surface area contributed by atoms with Crippen molar-refractivity contribution in [3.63, 3.8) is 0 Å². The van der Waals surface area contributed by atoms with E-state index in [4.69, 9.17) is 5.11 Å². The van der Waals surface area contributed by atoms with Crippen molar-refractivity contribution in [1.82, 2.24) is 14.1 Å². The lowest BCUT2D eigenvalue weighted by atomic mass is 10.2. The number of hydrogen-bond donors (Lipinski definition) is 1. The molecule has 21 heavy (non-hydrogen) atoms. The lowest BCUT2D eigenvalue weighted by Crippen LogP contribution is -2.35. The molecule has 0 amide bonds. The molecule has 1 N–H and O–H groups in total. The minimum atomic E-state index is -3.68. The Morgan fingerprint density at radius 2 is 2.00 bits per heavy atom. The summed E-state index contributed by atoms with van der Waals surface area (Å²) in [5.41, 5.74) is 0.676. The zero-order valence-corrected chi connectivity index (χ0v) is 13.9. The molecule has 1 unspecified atom stereocenters. The predicted molar refractivity (Wildman–Crippen MR) is 78.7 cm³/mol. The fourth-order valence-corrected chi connectivity index (χ4v) is 4.08. The first-order valence-corrected chi connectivity index (χ1v) is 8.30. The van der Waals surface area contributed by atoms with Crippen LogP contribution in [0.3, 0.4) is 0 Å². The van der Waals surface area contributed by atoms with Gasteiger partial charge in [-0.05, 0) is 27.2 Å². The van der Waals surface area contributed by atoms with Crippen LogP contribution in [-0.4, -0.2) is 46.7 Å². The van der Waals surface area contributed by atoms with Crippen LogP contribution in [0.15, 0.2) is 4.90 Å². The molecule has 120 valence electrons. The molecule has 1 heterocycles. The molecule has 0 bridgehead atoms. The van der Waals surface area contributed by atoms with Crippen LogP contribution in [0.4, 0.5) is 0 Å². The summed E-state index contributed by atoms with van der Waals surface area (Å²) in [6, 6.07) is -0.123. The molecule has 0 saturated heterocycles. The summed E-state index contributed by atoms with van der Waals surface area (Å²) < 4.78 is 28.0. The molecule has 0 saturated carbocycles. The second kappa shape index (κ2) is 6.57. The number of hydrogen-bond acceptors (Lipinski definition) is 4. The fourth-order valence-electron chi connectivity index (χ4n) is 2.32. The number of aliphatic carboxylic acids is 1. The third kappa shape index (κ3) is 3.62. The predicted octanol–water partition coefficient (Wildman–Crippen LogP) is 1.39. The van der Waals surface area contributed by atoms with Crippen molar-refractivity contribution >= 4 is 16.0 Å². The van der Waals surface area contributed by atoms with E-state index >= 15 is 0 Å². The Morgan fingerprint density at radius 1 is 1.43 bits per heavy atom. The van der Waals surface area contributed by atoms with E-state index in [0.717, 1.165) is 12.8 Å². The van der Waals surface area contributed by atoms with E-state index in [1.54, 1.807) is 20.9 Å². The highest BCUT2D eigenvalue weighted by atomic mass is 32.2. The Balaban J connectivity index is 3.26. The van der Waals surface area contributed by atoms with Gasteiger partial charge < -0.3 is 5.11 Å². The van der Waals surface area contributed by atoms with Crippen molar-refractivity contribution in [2.24, 2.45) is 0 Å². The fraction of sp³-hybridized carbons (Fsp3) is 0.692. The minimum Gasteiger partial charge on any atom is -0.480 e. The highest BCUT2D eigenvalue weighted by Gasteiger charge is 2.31. The third-order valence-electron chi connectivity index (χ3n) is 3.56. The van der Waals surface area contributed by atoms with Gasteiger partial charge in [0.15, 0.2) is 0 Å². The molecule has 0 spiro atoms. The van der Waals surface area contributed by atoms with Crippen LogP contribution in [-0.2, 0) is 21.4 Å². The van der Waals surface area contributed by atoms with Gasteiger partial charge in [-0.2, -0.15) is 9.40 Å². The largest absolute Gasteiger partial charge is 0.480 e. The molecular formula is C13H23N3O4S. The van der Waals surface area contributed by atoms with Gasteiger partial charge in [-0.25, -0.2) is 8.42 Å². The maximum absolute atomic E-state index is 12.7. The molecule has 1 atom stereocenters. The Morgan fingerprint density at radius 3 is 2.48 bits per heavy atom. The van der Waals surface area contributed by atoms with Gasteiger partial charge in [0.1, 0.15) is 11.4 Å². The van der Waals surface area contributed by atoms with Gasteiger partial charge in [0.05, 0.1) is 11.4 Å². The molecule has 0 aliphatic carbocycles. The van der Waals surface area contributed by atoms with Crippen molar-refractivity contribution in [3.05, 3.63) is 11.4 Å². The zero-order valence-electron chi connectivity index (χ0n) is 13.1. The molecule has 8 heteroatoms. The van der Waals surface area contributed by atoms with Gasteiger partial charge in [0.25, 0.3) is 0 Å². The van der Waals surface area contributed by atoms with E-state index in [2.05, 4.69) is 5.10 Å². The Bertz CT molecular complexity index is 622. The second-order valence-electron chi connectivity index (χ2n) is 5.21. The standard InChI is InChI=1S/C13H23N3O4S/c1-6-7-9(2)15(5)21(19,20)13-10(3)14-16(11(13)4)8-12(17)18/h9H,6-8H2,1-5H3,(H,17,18). The first-order valence-electron chi connectivity index (χ1n) is 6.86. The molecule has 1 aromatic heterocycles. The molecule has 0 fully saturated rings. The monoisotopic (exact) mass is 317 g/mol. The van der Waals surface area contributed by atoms with Crippen LogP contribution in [0.2, 0.25) is 0 Å². The van der Waals surface area contributed by atoms with Crippen LogP contribution in [0, 0.1) is 13.8 Å². The van der Waals surface area contributed by atoms with Crippen molar-refractivity contribution in [2.75, 3.05) is 7.05 Å². The maximum Gasteiger partial charge on any atom is 0.325 e. The molecule has 0 aliphatic rings. The highest BCUT2D eigenvalue weighted by molar-refractivity contribution is 7.89. The van der Waals surface area contributed by atoms with Crippen LogP contribution >= 0.6 is 0 Å². The average molecular weight is 317 g/mol.